The van der Waals surface area contributed by atoms with E-state index in [1.807, 2.05) is 23.0 Å². The molecule has 0 fully saturated rings. The molecule has 0 bridgehead atoms. The van der Waals surface area contributed by atoms with Crippen LogP contribution in [0.2, 0.25) is 0 Å². The van der Waals surface area contributed by atoms with Crippen LogP contribution in [0.1, 0.15) is 53.5 Å². The first-order valence-corrected chi connectivity index (χ1v) is 7.32. The largest absolute Gasteiger partial charge is 0.294 e. The van der Waals surface area contributed by atoms with Crippen molar-refractivity contribution < 1.29 is 4.79 Å². The summed E-state index contributed by atoms with van der Waals surface area (Å²) in [5.74, 6) is 0.161. The van der Waals surface area contributed by atoms with E-state index in [4.69, 9.17) is 0 Å². The van der Waals surface area contributed by atoms with E-state index in [2.05, 4.69) is 31.1 Å². The van der Waals surface area contributed by atoms with Crippen molar-refractivity contribution in [2.45, 2.75) is 45.6 Å². The molecule has 1 aliphatic rings. The van der Waals surface area contributed by atoms with Crippen molar-refractivity contribution in [3.05, 3.63) is 52.8 Å². The zero-order chi connectivity index (χ0) is 14.1. The average molecular weight is 268 g/mol. The number of carbonyl (C=O) groups is 1. The van der Waals surface area contributed by atoms with Crippen molar-refractivity contribution in [1.29, 1.82) is 0 Å². The van der Waals surface area contributed by atoms with Gasteiger partial charge in [-0.15, -0.1) is 0 Å². The van der Waals surface area contributed by atoms with E-state index in [9.17, 15) is 4.79 Å². The van der Waals surface area contributed by atoms with Gasteiger partial charge in [0, 0.05) is 17.8 Å². The highest BCUT2D eigenvalue weighted by Gasteiger charge is 2.15. The van der Waals surface area contributed by atoms with Gasteiger partial charge in [-0.25, -0.2) is 0 Å². The minimum atomic E-state index is 0.161. The molecule has 3 heteroatoms. The second kappa shape index (κ2) is 5.23. The van der Waals surface area contributed by atoms with Crippen molar-refractivity contribution in [2.75, 3.05) is 0 Å². The molecular weight excluding hydrogens is 248 g/mol. The predicted octanol–water partition coefficient (Wildman–Crippen LogP) is 3.38. The van der Waals surface area contributed by atoms with E-state index >= 15 is 0 Å². The maximum Gasteiger partial charge on any atom is 0.168 e. The molecule has 0 aliphatic heterocycles. The highest BCUT2D eigenvalue weighted by molar-refractivity contribution is 5.97. The SMILES string of the molecule is CC(C)n1ccc(CC(=O)c2ccc3c(c2)CCC3)n1. The van der Waals surface area contributed by atoms with Gasteiger partial charge >= 0.3 is 0 Å². The van der Waals surface area contributed by atoms with E-state index in [0.717, 1.165) is 24.1 Å². The van der Waals surface area contributed by atoms with Crippen molar-refractivity contribution in [3.8, 4) is 0 Å². The van der Waals surface area contributed by atoms with E-state index < -0.39 is 0 Å². The minimum Gasteiger partial charge on any atom is -0.294 e. The van der Waals surface area contributed by atoms with Gasteiger partial charge in [-0.05, 0) is 56.4 Å². The molecular formula is C17H20N2O. The van der Waals surface area contributed by atoms with Crippen molar-refractivity contribution >= 4 is 5.78 Å². The molecule has 1 aromatic carbocycles. The van der Waals surface area contributed by atoms with E-state index in [-0.39, 0.29) is 5.78 Å². The molecule has 1 aliphatic carbocycles. The second-order valence-electron chi connectivity index (χ2n) is 5.82. The lowest BCUT2D eigenvalue weighted by Gasteiger charge is -2.05. The number of Topliss-reactive ketones (excluding diaryl/α,β-unsaturated/α-hetero) is 1. The molecule has 0 unspecified atom stereocenters. The number of ketones is 1. The van der Waals surface area contributed by atoms with Gasteiger partial charge in [0.25, 0.3) is 0 Å². The average Bonchev–Trinajstić information content (AvgIpc) is 3.05. The van der Waals surface area contributed by atoms with Crippen LogP contribution in [0.5, 0.6) is 0 Å². The molecule has 104 valence electrons. The highest BCUT2D eigenvalue weighted by atomic mass is 16.1. The first kappa shape index (κ1) is 13.1. The normalized spacial score (nSPS) is 13.8. The fourth-order valence-electron chi connectivity index (χ4n) is 2.77. The molecule has 0 spiro atoms. The van der Waals surface area contributed by atoms with Crippen LogP contribution >= 0.6 is 0 Å². The number of rotatable bonds is 4. The van der Waals surface area contributed by atoms with Crippen LogP contribution in [0.25, 0.3) is 0 Å². The Kier molecular flexibility index (Phi) is 3.43. The zero-order valence-electron chi connectivity index (χ0n) is 12.1. The van der Waals surface area contributed by atoms with E-state index in [0.29, 0.717) is 12.5 Å². The molecule has 20 heavy (non-hydrogen) atoms. The summed E-state index contributed by atoms with van der Waals surface area (Å²) >= 11 is 0. The van der Waals surface area contributed by atoms with Gasteiger partial charge in [0.15, 0.2) is 5.78 Å². The van der Waals surface area contributed by atoms with Gasteiger partial charge in [-0.2, -0.15) is 5.10 Å². The molecule has 0 saturated carbocycles. The molecule has 0 N–H and O–H groups in total. The minimum absolute atomic E-state index is 0.161. The molecule has 0 atom stereocenters. The maximum absolute atomic E-state index is 12.3. The van der Waals surface area contributed by atoms with Gasteiger partial charge in [0.2, 0.25) is 0 Å². The number of fused-ring (bicyclic) bond motifs is 1. The first-order chi connectivity index (χ1) is 9.63. The van der Waals surface area contributed by atoms with Crippen LogP contribution in [0, 0.1) is 0 Å². The molecule has 1 heterocycles. The van der Waals surface area contributed by atoms with Gasteiger partial charge in [0.05, 0.1) is 12.1 Å². The van der Waals surface area contributed by atoms with Crippen LogP contribution in [0.3, 0.4) is 0 Å². The Labute approximate surface area is 119 Å². The molecule has 2 aromatic rings. The summed E-state index contributed by atoms with van der Waals surface area (Å²) in [4.78, 5) is 12.3. The fraction of sp³-hybridized carbons (Fsp3) is 0.412. The van der Waals surface area contributed by atoms with Crippen LogP contribution in [0.4, 0.5) is 0 Å². The Morgan fingerprint density at radius 3 is 2.80 bits per heavy atom. The predicted molar refractivity (Wildman–Crippen MR) is 79.1 cm³/mol. The summed E-state index contributed by atoms with van der Waals surface area (Å²) in [7, 11) is 0. The number of hydrogen-bond donors (Lipinski definition) is 0. The Morgan fingerprint density at radius 2 is 2.05 bits per heavy atom. The number of carbonyl (C=O) groups excluding carboxylic acids is 1. The summed E-state index contributed by atoms with van der Waals surface area (Å²) in [6.07, 6.45) is 5.81. The van der Waals surface area contributed by atoms with Crippen LogP contribution in [-0.2, 0) is 19.3 Å². The van der Waals surface area contributed by atoms with Gasteiger partial charge in [0.1, 0.15) is 0 Å². The molecule has 0 radical (unpaired) electrons. The van der Waals surface area contributed by atoms with Gasteiger partial charge in [-0.1, -0.05) is 12.1 Å². The number of aromatic nitrogens is 2. The number of nitrogens with zero attached hydrogens (tertiary/aromatic N) is 2. The molecule has 1 aromatic heterocycles. The van der Waals surface area contributed by atoms with Crippen molar-refractivity contribution in [1.82, 2.24) is 9.78 Å². The summed E-state index contributed by atoms with van der Waals surface area (Å²) < 4.78 is 1.89. The Balaban J connectivity index is 1.75. The standard InChI is InChI=1S/C17H20N2O/c1-12(2)19-9-8-16(18-19)11-17(20)15-7-6-13-4-3-5-14(13)10-15/h6-10,12H,3-5,11H2,1-2H3. The lowest BCUT2D eigenvalue weighted by atomic mass is 10.0. The molecule has 3 nitrogen and oxygen atoms in total. The first-order valence-electron chi connectivity index (χ1n) is 7.32. The summed E-state index contributed by atoms with van der Waals surface area (Å²) in [5.41, 5.74) is 4.43. The van der Waals surface area contributed by atoms with E-state index in [1.54, 1.807) is 0 Å². The summed E-state index contributed by atoms with van der Waals surface area (Å²) in [6.45, 7) is 4.16. The number of hydrogen-bond acceptors (Lipinski definition) is 2. The zero-order valence-corrected chi connectivity index (χ0v) is 12.1. The fourth-order valence-corrected chi connectivity index (χ4v) is 2.77. The van der Waals surface area contributed by atoms with Crippen molar-refractivity contribution in [3.63, 3.8) is 0 Å². The third kappa shape index (κ3) is 2.53. The second-order valence-corrected chi connectivity index (χ2v) is 5.82. The van der Waals surface area contributed by atoms with Crippen LogP contribution in [-0.4, -0.2) is 15.6 Å². The molecule has 3 rings (SSSR count). The molecule has 0 saturated heterocycles. The summed E-state index contributed by atoms with van der Waals surface area (Å²) in [6, 6.07) is 8.42. The van der Waals surface area contributed by atoms with Crippen molar-refractivity contribution in [2.24, 2.45) is 0 Å². The third-order valence-corrected chi connectivity index (χ3v) is 3.95. The lowest BCUT2D eigenvalue weighted by molar-refractivity contribution is 0.0991. The lowest BCUT2D eigenvalue weighted by Crippen LogP contribution is -2.07. The Morgan fingerprint density at radius 1 is 1.25 bits per heavy atom. The number of benzene rings is 1. The quantitative estimate of drug-likeness (QED) is 0.797. The Bertz CT molecular complexity index is 640. The van der Waals surface area contributed by atoms with E-state index in [1.165, 1.54) is 17.5 Å². The van der Waals surface area contributed by atoms with Crippen LogP contribution < -0.4 is 0 Å². The van der Waals surface area contributed by atoms with Crippen LogP contribution in [0.15, 0.2) is 30.5 Å². The highest BCUT2D eigenvalue weighted by Crippen LogP contribution is 2.23. The third-order valence-electron chi connectivity index (χ3n) is 3.95. The Hall–Kier alpha value is -1.90. The summed E-state index contributed by atoms with van der Waals surface area (Å²) in [5, 5.41) is 4.44. The number of aryl methyl sites for hydroxylation is 2. The van der Waals surface area contributed by atoms with Gasteiger partial charge in [-0.3, -0.25) is 9.48 Å². The smallest absolute Gasteiger partial charge is 0.168 e. The van der Waals surface area contributed by atoms with Gasteiger partial charge < -0.3 is 0 Å². The topological polar surface area (TPSA) is 34.9 Å². The molecule has 0 amide bonds. The maximum atomic E-state index is 12.3. The monoisotopic (exact) mass is 268 g/mol.